The molecule has 23 heavy (non-hydrogen) atoms. The summed E-state index contributed by atoms with van der Waals surface area (Å²) in [6.07, 6.45) is 5.48. The van der Waals surface area contributed by atoms with Crippen molar-refractivity contribution in [1.82, 2.24) is 10.2 Å². The Morgan fingerprint density at radius 2 is 2.13 bits per heavy atom. The van der Waals surface area contributed by atoms with Crippen LogP contribution in [0, 0.1) is 11.6 Å². The monoisotopic (exact) mass is 324 g/mol. The fourth-order valence-electron chi connectivity index (χ4n) is 2.77. The average Bonchev–Trinajstić information content (AvgIpc) is 2.46. The van der Waals surface area contributed by atoms with Gasteiger partial charge in [-0.15, -0.1) is 0 Å². The van der Waals surface area contributed by atoms with E-state index < -0.39 is 17.6 Å². The molecule has 1 aliphatic carbocycles. The number of aliphatic carboxylic acids is 1. The maximum absolute atomic E-state index is 13.1. The van der Waals surface area contributed by atoms with Crippen molar-refractivity contribution in [3.63, 3.8) is 0 Å². The first-order valence-electron chi connectivity index (χ1n) is 7.80. The first-order chi connectivity index (χ1) is 11.0. The van der Waals surface area contributed by atoms with Gasteiger partial charge in [-0.05, 0) is 37.1 Å². The van der Waals surface area contributed by atoms with Gasteiger partial charge in [-0.1, -0.05) is 25.1 Å². The summed E-state index contributed by atoms with van der Waals surface area (Å²) in [5.74, 6) is -2.49. The number of hydrogen-bond acceptors (Lipinski definition) is 3. The van der Waals surface area contributed by atoms with Gasteiger partial charge in [0.15, 0.2) is 11.6 Å². The molecule has 0 atom stereocenters. The highest BCUT2D eigenvalue weighted by molar-refractivity contribution is 5.69. The van der Waals surface area contributed by atoms with Crippen molar-refractivity contribution in [3.05, 3.63) is 41.5 Å². The van der Waals surface area contributed by atoms with Crippen LogP contribution in [0.5, 0.6) is 0 Å². The molecular formula is C17H22F2N2O2. The zero-order valence-corrected chi connectivity index (χ0v) is 13.1. The molecule has 4 nitrogen and oxygen atoms in total. The van der Waals surface area contributed by atoms with Gasteiger partial charge < -0.3 is 10.4 Å². The third-order valence-corrected chi connectivity index (χ3v) is 4.15. The Hall–Kier alpha value is -1.79. The fraction of sp³-hybridized carbons (Fsp3) is 0.471. The number of carbonyl (C=O) groups is 1. The predicted molar refractivity (Wildman–Crippen MR) is 85.1 cm³/mol. The lowest BCUT2D eigenvalue weighted by Crippen LogP contribution is -2.53. The van der Waals surface area contributed by atoms with E-state index in [-0.39, 0.29) is 6.54 Å². The molecule has 0 spiro atoms. The molecule has 1 saturated carbocycles. The number of nitrogens with one attached hydrogen (secondary N) is 1. The van der Waals surface area contributed by atoms with Crippen molar-refractivity contribution < 1.29 is 18.7 Å². The minimum atomic E-state index is -0.847. The number of carboxylic acids is 1. The van der Waals surface area contributed by atoms with Gasteiger partial charge in [0.05, 0.1) is 6.54 Å². The molecule has 0 saturated heterocycles. The number of benzene rings is 1. The zero-order valence-electron chi connectivity index (χ0n) is 13.1. The summed E-state index contributed by atoms with van der Waals surface area (Å²) in [6.45, 7) is 3.43. The Morgan fingerprint density at radius 1 is 1.39 bits per heavy atom. The van der Waals surface area contributed by atoms with Crippen molar-refractivity contribution in [1.29, 1.82) is 0 Å². The van der Waals surface area contributed by atoms with E-state index in [0.29, 0.717) is 24.2 Å². The van der Waals surface area contributed by atoms with Crippen LogP contribution in [-0.4, -0.2) is 47.7 Å². The fourth-order valence-corrected chi connectivity index (χ4v) is 2.77. The van der Waals surface area contributed by atoms with Gasteiger partial charge >= 0.3 is 5.97 Å². The number of likely N-dealkylation sites (N-methyl/N-ethyl adjacent to an activating group) is 1. The molecule has 0 aliphatic heterocycles. The van der Waals surface area contributed by atoms with E-state index in [1.54, 1.807) is 6.08 Å². The predicted octanol–water partition coefficient (Wildman–Crippen LogP) is 2.51. The Bertz CT molecular complexity index is 572. The van der Waals surface area contributed by atoms with Crippen LogP contribution in [0.2, 0.25) is 0 Å². The van der Waals surface area contributed by atoms with Crippen LogP contribution >= 0.6 is 0 Å². The summed E-state index contributed by atoms with van der Waals surface area (Å²) in [5.41, 5.74) is 0.621. The Labute approximate surface area is 134 Å². The number of rotatable bonds is 8. The second-order valence-electron chi connectivity index (χ2n) is 5.76. The lowest BCUT2D eigenvalue weighted by molar-refractivity contribution is -0.139. The maximum Gasteiger partial charge on any atom is 0.317 e. The summed E-state index contributed by atoms with van der Waals surface area (Å²) in [6, 6.07) is 4.50. The first-order valence-corrected chi connectivity index (χ1v) is 7.80. The molecule has 126 valence electrons. The molecule has 1 aliphatic rings. The second kappa shape index (κ2) is 8.17. The van der Waals surface area contributed by atoms with E-state index >= 15 is 0 Å². The van der Waals surface area contributed by atoms with Gasteiger partial charge in [0.25, 0.3) is 0 Å². The molecule has 2 N–H and O–H groups in total. The van der Waals surface area contributed by atoms with E-state index in [4.69, 9.17) is 5.11 Å². The molecule has 0 amide bonds. The van der Waals surface area contributed by atoms with Crippen LogP contribution in [0.4, 0.5) is 8.78 Å². The van der Waals surface area contributed by atoms with E-state index in [1.807, 2.05) is 17.9 Å². The van der Waals surface area contributed by atoms with Crippen LogP contribution < -0.4 is 5.32 Å². The highest BCUT2D eigenvalue weighted by Crippen LogP contribution is 2.25. The van der Waals surface area contributed by atoms with Crippen LogP contribution in [-0.2, 0) is 4.79 Å². The van der Waals surface area contributed by atoms with Gasteiger partial charge in [0.2, 0.25) is 0 Å². The molecule has 1 aromatic rings. The topological polar surface area (TPSA) is 52.6 Å². The molecule has 1 fully saturated rings. The van der Waals surface area contributed by atoms with Crippen molar-refractivity contribution in [2.45, 2.75) is 31.8 Å². The van der Waals surface area contributed by atoms with E-state index in [2.05, 4.69) is 5.32 Å². The molecule has 1 aromatic carbocycles. The summed E-state index contributed by atoms with van der Waals surface area (Å²) < 4.78 is 25.9. The quantitative estimate of drug-likeness (QED) is 0.771. The SMILES string of the molecule is CCN(CC(=O)O)C1CC(NC/C=C/c2ccc(F)c(F)c2)C1. The first kappa shape index (κ1) is 17.6. The lowest BCUT2D eigenvalue weighted by atomic mass is 9.85. The normalized spacial score (nSPS) is 20.9. The number of hydrogen-bond donors (Lipinski definition) is 2. The standard InChI is InChI=1S/C17H22F2N2O2/c1-2-21(11-17(22)23)14-9-13(10-14)20-7-3-4-12-5-6-15(18)16(19)8-12/h3-6,8,13-14,20H,2,7,9-11H2,1H3,(H,22,23)/b4-3+. The van der Waals surface area contributed by atoms with E-state index in [9.17, 15) is 13.6 Å². The third-order valence-electron chi connectivity index (χ3n) is 4.15. The Balaban J connectivity index is 1.69. The van der Waals surface area contributed by atoms with Crippen LogP contribution in [0.1, 0.15) is 25.3 Å². The average molecular weight is 324 g/mol. The van der Waals surface area contributed by atoms with Crippen LogP contribution in [0.15, 0.2) is 24.3 Å². The van der Waals surface area contributed by atoms with Crippen LogP contribution in [0.25, 0.3) is 6.08 Å². The molecule has 0 unspecified atom stereocenters. The second-order valence-corrected chi connectivity index (χ2v) is 5.76. The smallest absolute Gasteiger partial charge is 0.317 e. The molecule has 0 heterocycles. The summed E-state index contributed by atoms with van der Waals surface area (Å²) >= 11 is 0. The van der Waals surface area contributed by atoms with E-state index in [1.165, 1.54) is 6.07 Å². The Morgan fingerprint density at radius 3 is 2.74 bits per heavy atom. The lowest BCUT2D eigenvalue weighted by Gasteiger charge is -2.42. The van der Waals surface area contributed by atoms with Crippen molar-refractivity contribution >= 4 is 12.0 Å². The Kier molecular flexibility index (Phi) is 6.24. The van der Waals surface area contributed by atoms with Crippen molar-refractivity contribution in [2.24, 2.45) is 0 Å². The summed E-state index contributed by atoms with van der Waals surface area (Å²) in [5, 5.41) is 12.2. The zero-order chi connectivity index (χ0) is 16.8. The maximum atomic E-state index is 13.1. The highest BCUT2D eigenvalue weighted by atomic mass is 19.2. The minimum absolute atomic E-state index is 0.0872. The van der Waals surface area contributed by atoms with Gasteiger partial charge in [0.1, 0.15) is 0 Å². The van der Waals surface area contributed by atoms with Gasteiger partial charge in [0, 0.05) is 18.6 Å². The highest BCUT2D eigenvalue weighted by Gasteiger charge is 2.33. The van der Waals surface area contributed by atoms with Crippen molar-refractivity contribution in [2.75, 3.05) is 19.6 Å². The molecule has 0 bridgehead atoms. The largest absolute Gasteiger partial charge is 0.480 e. The molecule has 0 aromatic heterocycles. The minimum Gasteiger partial charge on any atom is -0.480 e. The van der Waals surface area contributed by atoms with Crippen LogP contribution in [0.3, 0.4) is 0 Å². The summed E-state index contributed by atoms with van der Waals surface area (Å²) in [7, 11) is 0. The summed E-state index contributed by atoms with van der Waals surface area (Å²) in [4.78, 5) is 12.7. The van der Waals surface area contributed by atoms with Crippen molar-refractivity contribution in [3.8, 4) is 0 Å². The third kappa shape index (κ3) is 5.11. The molecule has 2 rings (SSSR count). The van der Waals surface area contributed by atoms with Gasteiger partial charge in [-0.2, -0.15) is 0 Å². The number of carboxylic acid groups (broad SMARTS) is 1. The van der Waals surface area contributed by atoms with Gasteiger partial charge in [-0.25, -0.2) is 8.78 Å². The van der Waals surface area contributed by atoms with E-state index in [0.717, 1.165) is 31.5 Å². The molecular weight excluding hydrogens is 302 g/mol. The van der Waals surface area contributed by atoms with Gasteiger partial charge in [-0.3, -0.25) is 9.69 Å². The molecule has 0 radical (unpaired) electrons. The number of halogens is 2. The number of nitrogens with zero attached hydrogens (tertiary/aromatic N) is 1. The molecule has 6 heteroatoms.